The first-order chi connectivity index (χ1) is 11.1. The zero-order valence-electron chi connectivity index (χ0n) is 13.2. The maximum atomic E-state index is 12.2. The Balaban J connectivity index is 1.39. The molecule has 1 spiro atoms. The second-order valence-electron chi connectivity index (χ2n) is 6.65. The number of carboxylic acids is 1. The number of carboxylic acid groups (broad SMARTS) is 1. The van der Waals surface area contributed by atoms with E-state index in [0.29, 0.717) is 24.3 Å². The summed E-state index contributed by atoms with van der Waals surface area (Å²) >= 11 is 0. The summed E-state index contributed by atoms with van der Waals surface area (Å²) in [6.45, 7) is 0.789. The average Bonchev–Trinajstić information content (AvgIpc) is 3.25. The van der Waals surface area contributed by atoms with E-state index < -0.39 is 5.97 Å². The molecule has 0 bridgehead atoms. The molecule has 3 rings (SSSR count). The average molecular weight is 317 g/mol. The van der Waals surface area contributed by atoms with Gasteiger partial charge in [-0.25, -0.2) is 4.79 Å². The molecule has 2 fully saturated rings. The van der Waals surface area contributed by atoms with Gasteiger partial charge in [-0.3, -0.25) is 4.79 Å². The summed E-state index contributed by atoms with van der Waals surface area (Å²) in [5.41, 5.74) is 0.502. The summed E-state index contributed by atoms with van der Waals surface area (Å²) in [6, 6.07) is 6.37. The summed E-state index contributed by atoms with van der Waals surface area (Å²) in [7, 11) is 0. The SMILES string of the molecule is O=C(O)c1cccc(OCCNC(=O)C2CC23CCCCC3)c1. The second-order valence-corrected chi connectivity index (χ2v) is 6.65. The summed E-state index contributed by atoms with van der Waals surface area (Å²) in [4.78, 5) is 23.1. The Kier molecular flexibility index (Phi) is 4.55. The molecular weight excluding hydrogens is 294 g/mol. The van der Waals surface area contributed by atoms with Gasteiger partial charge >= 0.3 is 5.97 Å². The van der Waals surface area contributed by atoms with Crippen LogP contribution in [0.1, 0.15) is 48.9 Å². The highest BCUT2D eigenvalue weighted by molar-refractivity contribution is 5.88. The summed E-state index contributed by atoms with van der Waals surface area (Å²) < 4.78 is 5.51. The Morgan fingerprint density at radius 1 is 1.26 bits per heavy atom. The lowest BCUT2D eigenvalue weighted by Crippen LogP contribution is -2.31. The number of rotatable bonds is 6. The number of carbonyl (C=O) groups excluding carboxylic acids is 1. The fraction of sp³-hybridized carbons (Fsp3) is 0.556. The van der Waals surface area contributed by atoms with Crippen molar-refractivity contribution in [1.29, 1.82) is 0 Å². The van der Waals surface area contributed by atoms with E-state index in [0.717, 1.165) is 6.42 Å². The maximum absolute atomic E-state index is 12.2. The van der Waals surface area contributed by atoms with Crippen LogP contribution in [0.2, 0.25) is 0 Å². The van der Waals surface area contributed by atoms with Crippen molar-refractivity contribution in [2.24, 2.45) is 11.3 Å². The third kappa shape index (κ3) is 3.66. The van der Waals surface area contributed by atoms with Gasteiger partial charge in [0.1, 0.15) is 12.4 Å². The molecule has 23 heavy (non-hydrogen) atoms. The zero-order valence-corrected chi connectivity index (χ0v) is 13.2. The van der Waals surface area contributed by atoms with Crippen molar-refractivity contribution in [2.45, 2.75) is 38.5 Å². The Bertz CT molecular complexity index is 592. The number of hydrogen-bond donors (Lipinski definition) is 2. The highest BCUT2D eigenvalue weighted by Gasteiger charge is 2.57. The predicted molar refractivity (Wildman–Crippen MR) is 85.5 cm³/mol. The van der Waals surface area contributed by atoms with Crippen molar-refractivity contribution >= 4 is 11.9 Å². The molecular formula is C18H23NO4. The number of hydrogen-bond acceptors (Lipinski definition) is 3. The first kappa shape index (κ1) is 15.8. The minimum Gasteiger partial charge on any atom is -0.492 e. The molecule has 2 aliphatic rings. The second kappa shape index (κ2) is 6.60. The molecule has 0 aliphatic heterocycles. The molecule has 1 aromatic rings. The predicted octanol–water partition coefficient (Wildman–Crippen LogP) is 2.85. The van der Waals surface area contributed by atoms with Crippen LogP contribution in [0.5, 0.6) is 5.75 Å². The van der Waals surface area contributed by atoms with Crippen molar-refractivity contribution in [3.05, 3.63) is 29.8 Å². The van der Waals surface area contributed by atoms with Crippen LogP contribution < -0.4 is 10.1 Å². The van der Waals surface area contributed by atoms with E-state index in [2.05, 4.69) is 5.32 Å². The van der Waals surface area contributed by atoms with Crippen LogP contribution in [0.25, 0.3) is 0 Å². The molecule has 1 amide bonds. The summed E-state index contributed by atoms with van der Waals surface area (Å²) in [5.74, 6) is -0.127. The number of benzene rings is 1. The first-order valence-corrected chi connectivity index (χ1v) is 8.35. The van der Waals surface area contributed by atoms with Crippen molar-refractivity contribution in [1.82, 2.24) is 5.32 Å². The third-order valence-corrected chi connectivity index (χ3v) is 5.11. The van der Waals surface area contributed by atoms with E-state index in [-0.39, 0.29) is 17.4 Å². The summed E-state index contributed by atoms with van der Waals surface area (Å²) in [5, 5.41) is 11.9. The van der Waals surface area contributed by atoms with Crippen molar-refractivity contribution < 1.29 is 19.4 Å². The Labute approximate surface area is 136 Å². The molecule has 0 heterocycles. The van der Waals surface area contributed by atoms with Gasteiger partial charge in [0, 0.05) is 5.92 Å². The largest absolute Gasteiger partial charge is 0.492 e. The topological polar surface area (TPSA) is 75.6 Å². The lowest BCUT2D eigenvalue weighted by molar-refractivity contribution is -0.123. The van der Waals surface area contributed by atoms with E-state index in [1.165, 1.54) is 44.2 Å². The van der Waals surface area contributed by atoms with E-state index in [1.807, 2.05) is 0 Å². The van der Waals surface area contributed by atoms with Gasteiger partial charge in [0.25, 0.3) is 0 Å². The van der Waals surface area contributed by atoms with E-state index in [9.17, 15) is 9.59 Å². The number of amides is 1. The van der Waals surface area contributed by atoms with Crippen LogP contribution >= 0.6 is 0 Å². The molecule has 1 unspecified atom stereocenters. The fourth-order valence-electron chi connectivity index (χ4n) is 3.71. The minimum atomic E-state index is -0.977. The maximum Gasteiger partial charge on any atom is 0.335 e. The van der Waals surface area contributed by atoms with Gasteiger partial charge in [-0.05, 0) is 42.9 Å². The van der Waals surface area contributed by atoms with Crippen LogP contribution in [0, 0.1) is 11.3 Å². The fourth-order valence-corrected chi connectivity index (χ4v) is 3.71. The first-order valence-electron chi connectivity index (χ1n) is 8.35. The quantitative estimate of drug-likeness (QED) is 0.791. The van der Waals surface area contributed by atoms with Gasteiger partial charge in [0.15, 0.2) is 0 Å². The Morgan fingerprint density at radius 3 is 2.78 bits per heavy atom. The smallest absolute Gasteiger partial charge is 0.335 e. The van der Waals surface area contributed by atoms with E-state index in [4.69, 9.17) is 9.84 Å². The zero-order chi connectivity index (χ0) is 16.3. The number of carbonyl (C=O) groups is 2. The molecule has 0 aromatic heterocycles. The van der Waals surface area contributed by atoms with Gasteiger partial charge < -0.3 is 15.2 Å². The molecule has 0 saturated heterocycles. The van der Waals surface area contributed by atoms with Crippen LogP contribution in [0.4, 0.5) is 0 Å². The van der Waals surface area contributed by atoms with Crippen molar-refractivity contribution in [3.63, 3.8) is 0 Å². The van der Waals surface area contributed by atoms with Gasteiger partial charge in [0.05, 0.1) is 12.1 Å². The Morgan fingerprint density at radius 2 is 2.04 bits per heavy atom. The van der Waals surface area contributed by atoms with Gasteiger partial charge in [0.2, 0.25) is 5.91 Å². The van der Waals surface area contributed by atoms with E-state index in [1.54, 1.807) is 12.1 Å². The number of ether oxygens (including phenoxy) is 1. The highest BCUT2D eigenvalue weighted by Crippen LogP contribution is 2.61. The molecule has 1 aromatic carbocycles. The lowest BCUT2D eigenvalue weighted by atomic mass is 9.84. The molecule has 5 nitrogen and oxygen atoms in total. The van der Waals surface area contributed by atoms with Crippen molar-refractivity contribution in [3.8, 4) is 5.75 Å². The standard InChI is InChI=1S/C18H23NO4/c20-16(15-12-18(15)7-2-1-3-8-18)19-9-10-23-14-6-4-5-13(11-14)17(21)22/h4-6,11,15H,1-3,7-10,12H2,(H,19,20)(H,21,22). The highest BCUT2D eigenvalue weighted by atomic mass is 16.5. The van der Waals surface area contributed by atoms with Gasteiger partial charge in [-0.2, -0.15) is 0 Å². The lowest BCUT2D eigenvalue weighted by Gasteiger charge is -2.22. The van der Waals surface area contributed by atoms with Crippen LogP contribution in [-0.2, 0) is 4.79 Å². The third-order valence-electron chi connectivity index (χ3n) is 5.11. The number of nitrogens with one attached hydrogen (secondary N) is 1. The molecule has 2 saturated carbocycles. The Hall–Kier alpha value is -2.04. The summed E-state index contributed by atoms with van der Waals surface area (Å²) in [6.07, 6.45) is 7.26. The molecule has 0 radical (unpaired) electrons. The molecule has 2 aliphatic carbocycles. The molecule has 5 heteroatoms. The molecule has 124 valence electrons. The number of aromatic carboxylic acids is 1. The van der Waals surface area contributed by atoms with E-state index >= 15 is 0 Å². The molecule has 1 atom stereocenters. The minimum absolute atomic E-state index is 0.148. The normalized spacial score (nSPS) is 21.7. The molecule has 2 N–H and O–H groups in total. The van der Waals surface area contributed by atoms with Gasteiger partial charge in [-0.15, -0.1) is 0 Å². The van der Waals surface area contributed by atoms with Crippen LogP contribution in [0.15, 0.2) is 24.3 Å². The van der Waals surface area contributed by atoms with Crippen LogP contribution in [0.3, 0.4) is 0 Å². The monoisotopic (exact) mass is 317 g/mol. The van der Waals surface area contributed by atoms with Crippen LogP contribution in [-0.4, -0.2) is 30.1 Å². The van der Waals surface area contributed by atoms with Crippen molar-refractivity contribution in [2.75, 3.05) is 13.2 Å². The van der Waals surface area contributed by atoms with Gasteiger partial charge in [-0.1, -0.05) is 25.3 Å².